The van der Waals surface area contributed by atoms with E-state index in [-0.39, 0.29) is 0 Å². The third-order valence-electron chi connectivity index (χ3n) is 11.9. The molecule has 5 fully saturated rings. The van der Waals surface area contributed by atoms with Crippen LogP contribution in [0.2, 0.25) is 0 Å². The van der Waals surface area contributed by atoms with Gasteiger partial charge in [0.2, 0.25) is 0 Å². The molecule has 0 amide bonds. The fraction of sp³-hybridized carbons (Fsp3) is 1.00. The summed E-state index contributed by atoms with van der Waals surface area (Å²) in [6, 6.07) is 0. The Morgan fingerprint density at radius 2 is 1.82 bits per heavy atom. The van der Waals surface area contributed by atoms with Crippen LogP contribution in [0.15, 0.2) is 0 Å². The summed E-state index contributed by atoms with van der Waals surface area (Å²) in [7, 11) is 2.03. The molecule has 0 unspecified atom stereocenters. The summed E-state index contributed by atoms with van der Waals surface area (Å²) in [6.45, 7) is 10.4. The maximum Gasteiger partial charge on any atom is 0.0638 e. The molecule has 0 radical (unpaired) electrons. The summed E-state index contributed by atoms with van der Waals surface area (Å²) < 4.78 is 6.29. The van der Waals surface area contributed by atoms with Crippen LogP contribution in [-0.4, -0.2) is 13.2 Å². The molecule has 1 heteroatoms. The van der Waals surface area contributed by atoms with Crippen LogP contribution in [-0.2, 0) is 4.74 Å². The lowest BCUT2D eigenvalue weighted by Gasteiger charge is -2.61. The Morgan fingerprint density at radius 3 is 2.54 bits per heavy atom. The second-order valence-electron chi connectivity index (χ2n) is 12.4. The number of hydrogen-bond donors (Lipinski definition) is 0. The van der Waals surface area contributed by atoms with Crippen molar-refractivity contribution in [3.8, 4) is 0 Å². The summed E-state index contributed by atoms with van der Waals surface area (Å²) in [5.41, 5.74) is 1.79. The molecule has 1 spiro atoms. The van der Waals surface area contributed by atoms with Gasteiger partial charge in [0.1, 0.15) is 0 Å². The maximum atomic E-state index is 6.29. The summed E-state index contributed by atoms with van der Waals surface area (Å²) in [6.07, 6.45) is 18.2. The Bertz CT molecular complexity index is 599. The first kappa shape index (κ1) is 19.9. The number of hydrogen-bond acceptors (Lipinski definition) is 1. The van der Waals surface area contributed by atoms with E-state index in [1.54, 1.807) is 0 Å². The molecule has 0 saturated heterocycles. The van der Waals surface area contributed by atoms with Gasteiger partial charge in [0.15, 0.2) is 0 Å². The second kappa shape index (κ2) is 6.73. The van der Waals surface area contributed by atoms with Crippen molar-refractivity contribution in [1.29, 1.82) is 0 Å². The van der Waals surface area contributed by atoms with Gasteiger partial charge >= 0.3 is 0 Å². The van der Waals surface area contributed by atoms with Crippen LogP contribution in [0.1, 0.15) is 105 Å². The molecule has 0 heterocycles. The van der Waals surface area contributed by atoms with Crippen molar-refractivity contribution in [1.82, 2.24) is 0 Å². The van der Waals surface area contributed by atoms with E-state index < -0.39 is 0 Å². The Labute approximate surface area is 174 Å². The van der Waals surface area contributed by atoms with E-state index >= 15 is 0 Å². The molecule has 0 N–H and O–H groups in total. The Kier molecular flexibility index (Phi) is 4.78. The van der Waals surface area contributed by atoms with E-state index in [0.717, 1.165) is 35.5 Å². The minimum absolute atomic E-state index is 0.564. The smallest absolute Gasteiger partial charge is 0.0638 e. The zero-order valence-electron chi connectivity index (χ0n) is 19.4. The molecule has 0 bridgehead atoms. The Hall–Kier alpha value is -0.0400. The highest BCUT2D eigenvalue weighted by molar-refractivity contribution is 5.26. The van der Waals surface area contributed by atoms with Gasteiger partial charge < -0.3 is 4.74 Å². The van der Waals surface area contributed by atoms with Gasteiger partial charge in [-0.1, -0.05) is 53.4 Å². The van der Waals surface area contributed by atoms with E-state index in [2.05, 4.69) is 27.7 Å². The predicted molar refractivity (Wildman–Crippen MR) is 117 cm³/mol. The Morgan fingerprint density at radius 1 is 1.00 bits per heavy atom. The molecule has 5 rings (SSSR count). The highest BCUT2D eigenvalue weighted by atomic mass is 16.5. The first-order chi connectivity index (χ1) is 13.4. The fourth-order valence-corrected chi connectivity index (χ4v) is 10.5. The standard InChI is InChI=1S/C27H46O/c1-6-7-8-9-18(2)21-10-11-22-20-16-24(28-5)27-17-19(27)12-15-26(27,4)23(20)13-14-25(21,22)3/h18-24H,6-17H2,1-5H3/t18-,19-,20+,21-,22+,23+,24-,25-,26-,27+/m1/s1. The average Bonchev–Trinajstić information content (AvgIpc) is 3.18. The topological polar surface area (TPSA) is 9.23 Å². The molecule has 0 aromatic heterocycles. The molecule has 160 valence electrons. The van der Waals surface area contributed by atoms with Gasteiger partial charge in [0.05, 0.1) is 6.10 Å². The van der Waals surface area contributed by atoms with Gasteiger partial charge in [-0.25, -0.2) is 0 Å². The van der Waals surface area contributed by atoms with E-state index in [1.807, 2.05) is 7.11 Å². The number of methoxy groups -OCH3 is 1. The maximum absolute atomic E-state index is 6.29. The lowest BCUT2D eigenvalue weighted by atomic mass is 9.45. The molecule has 28 heavy (non-hydrogen) atoms. The monoisotopic (exact) mass is 386 g/mol. The van der Waals surface area contributed by atoms with E-state index in [9.17, 15) is 0 Å². The van der Waals surface area contributed by atoms with Crippen molar-refractivity contribution in [2.45, 2.75) is 111 Å². The molecule has 0 aromatic carbocycles. The summed E-state index contributed by atoms with van der Waals surface area (Å²) in [5.74, 6) is 5.85. The van der Waals surface area contributed by atoms with Crippen LogP contribution >= 0.6 is 0 Å². The molecule has 5 aliphatic rings. The summed E-state index contributed by atoms with van der Waals surface area (Å²) in [5, 5.41) is 0. The van der Waals surface area contributed by atoms with Crippen molar-refractivity contribution in [2.24, 2.45) is 51.8 Å². The number of ether oxygens (including phenoxy) is 1. The minimum atomic E-state index is 0.564. The number of unbranched alkanes of at least 4 members (excludes halogenated alkanes) is 2. The van der Waals surface area contributed by atoms with Crippen LogP contribution in [0.4, 0.5) is 0 Å². The third kappa shape index (κ3) is 2.41. The van der Waals surface area contributed by atoms with Crippen LogP contribution in [0.3, 0.4) is 0 Å². The first-order valence-corrected chi connectivity index (χ1v) is 12.9. The lowest BCUT2D eigenvalue weighted by molar-refractivity contribution is -0.161. The summed E-state index contributed by atoms with van der Waals surface area (Å²) in [4.78, 5) is 0. The highest BCUT2D eigenvalue weighted by Gasteiger charge is 2.77. The van der Waals surface area contributed by atoms with Crippen molar-refractivity contribution >= 4 is 0 Å². The normalized spacial score (nSPS) is 55.2. The molecular formula is C27H46O. The van der Waals surface area contributed by atoms with Crippen LogP contribution in [0.5, 0.6) is 0 Å². The molecule has 10 atom stereocenters. The Balaban J connectivity index is 1.38. The number of rotatable bonds is 6. The molecule has 5 saturated carbocycles. The van der Waals surface area contributed by atoms with Crippen LogP contribution in [0, 0.1) is 51.8 Å². The van der Waals surface area contributed by atoms with Gasteiger partial charge in [0, 0.05) is 12.5 Å². The third-order valence-corrected chi connectivity index (χ3v) is 11.9. The van der Waals surface area contributed by atoms with Gasteiger partial charge in [-0.2, -0.15) is 0 Å². The predicted octanol–water partition coefficient (Wildman–Crippen LogP) is 7.49. The zero-order valence-corrected chi connectivity index (χ0v) is 19.4. The van der Waals surface area contributed by atoms with Gasteiger partial charge in [-0.15, -0.1) is 0 Å². The van der Waals surface area contributed by atoms with Gasteiger partial charge in [-0.3, -0.25) is 0 Å². The lowest BCUT2D eigenvalue weighted by Crippen LogP contribution is -2.57. The van der Waals surface area contributed by atoms with E-state index in [0.29, 0.717) is 22.3 Å². The SMILES string of the molecule is CCCCC[C@@H](C)[C@H]1CC[C@H]2[C@@H]3C[C@@H](OC)[C@]45C[C@H]4CC[C@]5(C)[C@H]3CC[C@]12C. The van der Waals surface area contributed by atoms with E-state index in [1.165, 1.54) is 77.0 Å². The first-order valence-electron chi connectivity index (χ1n) is 12.9. The number of fused-ring (bicyclic) bond motifs is 4. The van der Waals surface area contributed by atoms with Gasteiger partial charge in [-0.05, 0) is 97.7 Å². The quantitative estimate of drug-likeness (QED) is 0.430. The van der Waals surface area contributed by atoms with Crippen molar-refractivity contribution in [2.75, 3.05) is 7.11 Å². The largest absolute Gasteiger partial charge is 0.381 e. The van der Waals surface area contributed by atoms with Crippen LogP contribution < -0.4 is 0 Å². The zero-order chi connectivity index (χ0) is 19.7. The molecular weight excluding hydrogens is 340 g/mol. The molecule has 5 aliphatic carbocycles. The van der Waals surface area contributed by atoms with Gasteiger partial charge in [0.25, 0.3) is 0 Å². The minimum Gasteiger partial charge on any atom is -0.381 e. The molecule has 0 aliphatic heterocycles. The fourth-order valence-electron chi connectivity index (χ4n) is 10.5. The van der Waals surface area contributed by atoms with Crippen molar-refractivity contribution in [3.63, 3.8) is 0 Å². The molecule has 0 aromatic rings. The van der Waals surface area contributed by atoms with E-state index in [4.69, 9.17) is 4.74 Å². The van der Waals surface area contributed by atoms with Crippen molar-refractivity contribution < 1.29 is 4.74 Å². The summed E-state index contributed by atoms with van der Waals surface area (Å²) >= 11 is 0. The average molecular weight is 387 g/mol. The second-order valence-corrected chi connectivity index (χ2v) is 12.4. The highest BCUT2D eigenvalue weighted by Crippen LogP contribution is 2.82. The van der Waals surface area contributed by atoms with Crippen LogP contribution in [0.25, 0.3) is 0 Å². The molecule has 1 nitrogen and oxygen atoms in total. The van der Waals surface area contributed by atoms with Crippen molar-refractivity contribution in [3.05, 3.63) is 0 Å².